The summed E-state index contributed by atoms with van der Waals surface area (Å²) in [7, 11) is 0. The first kappa shape index (κ1) is 13.0. The Morgan fingerprint density at radius 3 is 3.06 bits per heavy atom. The molecule has 1 N–H and O–H groups in total. The molecule has 88 valence electrons. The van der Waals surface area contributed by atoms with Crippen LogP contribution in [0.4, 0.5) is 0 Å². The van der Waals surface area contributed by atoms with E-state index in [0.29, 0.717) is 12.2 Å². The van der Waals surface area contributed by atoms with Gasteiger partial charge in [0.15, 0.2) is 0 Å². The third-order valence-corrected chi connectivity index (χ3v) is 2.63. The molecular weight excluding hydrogens is 268 g/mol. The number of amides is 1. The molecule has 1 rings (SSSR count). The zero-order valence-corrected chi connectivity index (χ0v) is 11.1. The van der Waals surface area contributed by atoms with Crippen molar-refractivity contribution in [3.05, 3.63) is 35.1 Å². The number of aryl methyl sites for hydroxylation is 1. The van der Waals surface area contributed by atoms with Crippen LogP contribution in [0.15, 0.2) is 29.4 Å². The number of nitrogens with zero attached hydrogens (tertiary/aromatic N) is 1. The molecule has 0 aliphatic rings. The Bertz CT molecular complexity index is 371. The van der Waals surface area contributed by atoms with Crippen LogP contribution in [0.25, 0.3) is 0 Å². The van der Waals surface area contributed by atoms with E-state index < -0.39 is 0 Å². The largest absolute Gasteiger partial charge is 0.350 e. The van der Waals surface area contributed by atoms with Crippen molar-refractivity contribution in [2.45, 2.75) is 26.3 Å². The van der Waals surface area contributed by atoms with E-state index in [1.54, 1.807) is 6.08 Å². The Balaban J connectivity index is 2.69. The number of rotatable bonds is 6. The molecule has 1 amide bonds. The summed E-state index contributed by atoms with van der Waals surface area (Å²) in [5.41, 5.74) is 0.706. The lowest BCUT2D eigenvalue weighted by Gasteiger charge is -2.07. The highest BCUT2D eigenvalue weighted by molar-refractivity contribution is 9.10. The van der Waals surface area contributed by atoms with Gasteiger partial charge in [-0.3, -0.25) is 4.79 Å². The van der Waals surface area contributed by atoms with Gasteiger partial charge in [-0.1, -0.05) is 13.0 Å². The van der Waals surface area contributed by atoms with Gasteiger partial charge in [-0.05, 0) is 34.8 Å². The molecule has 4 heteroatoms. The molecule has 0 fully saturated rings. The molecule has 0 radical (unpaired) electrons. The molecule has 16 heavy (non-hydrogen) atoms. The fourth-order valence-corrected chi connectivity index (χ4v) is 1.93. The minimum Gasteiger partial charge on any atom is -0.350 e. The van der Waals surface area contributed by atoms with Gasteiger partial charge in [0.2, 0.25) is 0 Å². The van der Waals surface area contributed by atoms with Crippen LogP contribution in [0.3, 0.4) is 0 Å². The lowest BCUT2D eigenvalue weighted by atomic mass is 10.3. The van der Waals surface area contributed by atoms with Gasteiger partial charge in [-0.2, -0.15) is 0 Å². The zero-order valence-electron chi connectivity index (χ0n) is 9.50. The van der Waals surface area contributed by atoms with E-state index in [-0.39, 0.29) is 5.91 Å². The highest BCUT2D eigenvalue weighted by Gasteiger charge is 2.11. The smallest absolute Gasteiger partial charge is 0.267 e. The summed E-state index contributed by atoms with van der Waals surface area (Å²) < 4.78 is 2.91. The molecule has 0 saturated heterocycles. The lowest BCUT2D eigenvalue weighted by molar-refractivity contribution is 0.0945. The van der Waals surface area contributed by atoms with Crippen LogP contribution in [0.2, 0.25) is 0 Å². The fraction of sp³-hybridized carbons (Fsp3) is 0.417. The molecule has 1 heterocycles. The van der Waals surface area contributed by atoms with Gasteiger partial charge in [-0.25, -0.2) is 0 Å². The van der Waals surface area contributed by atoms with Crippen LogP contribution in [-0.4, -0.2) is 17.0 Å². The number of carbonyl (C=O) groups is 1. The zero-order chi connectivity index (χ0) is 12.0. The second-order valence-electron chi connectivity index (χ2n) is 3.57. The van der Waals surface area contributed by atoms with Crippen molar-refractivity contribution < 1.29 is 4.79 Å². The van der Waals surface area contributed by atoms with Gasteiger partial charge < -0.3 is 9.88 Å². The number of halogens is 1. The molecule has 0 spiro atoms. The van der Waals surface area contributed by atoms with Crippen LogP contribution < -0.4 is 5.32 Å². The van der Waals surface area contributed by atoms with Crippen LogP contribution in [0.1, 0.15) is 30.3 Å². The molecule has 1 aromatic rings. The molecule has 0 saturated carbocycles. The number of hydrogen-bond donors (Lipinski definition) is 1. The van der Waals surface area contributed by atoms with E-state index in [2.05, 4.69) is 34.7 Å². The molecule has 0 bridgehead atoms. The van der Waals surface area contributed by atoms with Crippen LogP contribution in [0, 0.1) is 0 Å². The highest BCUT2D eigenvalue weighted by Crippen LogP contribution is 2.15. The van der Waals surface area contributed by atoms with E-state index >= 15 is 0 Å². The molecule has 0 unspecified atom stereocenters. The first-order valence-electron chi connectivity index (χ1n) is 5.43. The first-order chi connectivity index (χ1) is 7.69. The number of nitrogens with one attached hydrogen (secondary N) is 1. The second-order valence-corrected chi connectivity index (χ2v) is 4.49. The van der Waals surface area contributed by atoms with Crippen molar-refractivity contribution in [2.75, 3.05) is 6.54 Å². The first-order valence-corrected chi connectivity index (χ1v) is 6.23. The van der Waals surface area contributed by atoms with Gasteiger partial charge >= 0.3 is 0 Å². The summed E-state index contributed by atoms with van der Waals surface area (Å²) in [6, 6.07) is 1.85. The van der Waals surface area contributed by atoms with Gasteiger partial charge in [0, 0.05) is 23.8 Å². The van der Waals surface area contributed by atoms with Gasteiger partial charge in [0.05, 0.1) is 0 Å². The maximum atomic E-state index is 11.8. The Morgan fingerprint density at radius 1 is 1.69 bits per heavy atom. The van der Waals surface area contributed by atoms with E-state index in [9.17, 15) is 4.79 Å². The van der Waals surface area contributed by atoms with Crippen molar-refractivity contribution in [3.8, 4) is 0 Å². The molecule has 0 aliphatic carbocycles. The summed E-state index contributed by atoms with van der Waals surface area (Å²) >= 11 is 3.39. The Kier molecular flexibility index (Phi) is 5.32. The van der Waals surface area contributed by atoms with Gasteiger partial charge in [0.1, 0.15) is 5.69 Å². The maximum absolute atomic E-state index is 11.8. The molecule has 0 atom stereocenters. The van der Waals surface area contributed by atoms with Crippen LogP contribution >= 0.6 is 15.9 Å². The lowest BCUT2D eigenvalue weighted by Crippen LogP contribution is -2.26. The quantitative estimate of drug-likeness (QED) is 0.633. The van der Waals surface area contributed by atoms with E-state index in [1.165, 1.54) is 0 Å². The Hall–Kier alpha value is -1.03. The van der Waals surface area contributed by atoms with E-state index in [1.807, 2.05) is 16.8 Å². The van der Waals surface area contributed by atoms with E-state index in [0.717, 1.165) is 23.9 Å². The number of aromatic nitrogens is 1. The van der Waals surface area contributed by atoms with Crippen molar-refractivity contribution in [2.24, 2.45) is 0 Å². The SMILES string of the molecule is C=CCCNC(=O)c1cc(Br)cn1CCC. The predicted molar refractivity (Wildman–Crippen MR) is 69.6 cm³/mol. The Morgan fingerprint density at radius 2 is 2.44 bits per heavy atom. The highest BCUT2D eigenvalue weighted by atomic mass is 79.9. The molecule has 3 nitrogen and oxygen atoms in total. The monoisotopic (exact) mass is 284 g/mol. The predicted octanol–water partition coefficient (Wildman–Crippen LogP) is 2.97. The third-order valence-electron chi connectivity index (χ3n) is 2.19. The average Bonchev–Trinajstić information content (AvgIpc) is 2.60. The van der Waals surface area contributed by atoms with E-state index in [4.69, 9.17) is 0 Å². The molecule has 0 aromatic carbocycles. The second kappa shape index (κ2) is 6.53. The van der Waals surface area contributed by atoms with Crippen molar-refractivity contribution in [1.29, 1.82) is 0 Å². The van der Waals surface area contributed by atoms with Gasteiger partial charge in [0.25, 0.3) is 5.91 Å². The molecular formula is C12H17BrN2O. The molecule has 1 aromatic heterocycles. The third kappa shape index (κ3) is 3.52. The topological polar surface area (TPSA) is 34.0 Å². The fourth-order valence-electron chi connectivity index (χ4n) is 1.47. The number of hydrogen-bond acceptors (Lipinski definition) is 1. The minimum absolute atomic E-state index is 0.0269. The summed E-state index contributed by atoms with van der Waals surface area (Å²) in [6.07, 6.45) is 5.53. The van der Waals surface area contributed by atoms with Gasteiger partial charge in [-0.15, -0.1) is 6.58 Å². The van der Waals surface area contributed by atoms with Crippen molar-refractivity contribution >= 4 is 21.8 Å². The Labute approximate surface area is 105 Å². The number of carbonyl (C=O) groups excluding carboxylic acids is 1. The summed E-state index contributed by atoms with van der Waals surface area (Å²) in [6.45, 7) is 7.20. The average molecular weight is 285 g/mol. The summed E-state index contributed by atoms with van der Waals surface area (Å²) in [5.74, 6) is -0.0269. The van der Waals surface area contributed by atoms with Crippen molar-refractivity contribution in [1.82, 2.24) is 9.88 Å². The maximum Gasteiger partial charge on any atom is 0.267 e. The molecule has 0 aliphatic heterocycles. The minimum atomic E-state index is -0.0269. The van der Waals surface area contributed by atoms with Crippen molar-refractivity contribution in [3.63, 3.8) is 0 Å². The van der Waals surface area contributed by atoms with Crippen LogP contribution in [-0.2, 0) is 6.54 Å². The van der Waals surface area contributed by atoms with Crippen LogP contribution in [0.5, 0.6) is 0 Å². The summed E-state index contributed by atoms with van der Waals surface area (Å²) in [5, 5.41) is 2.86. The normalized spacial score (nSPS) is 10.1. The standard InChI is InChI=1S/C12H17BrN2O/c1-3-5-6-14-12(16)11-8-10(13)9-15(11)7-4-2/h3,8-9H,1,4-7H2,2H3,(H,14,16). The summed E-state index contributed by atoms with van der Waals surface area (Å²) in [4.78, 5) is 11.8.